The summed E-state index contributed by atoms with van der Waals surface area (Å²) in [7, 11) is 0. The highest BCUT2D eigenvalue weighted by molar-refractivity contribution is 5.96. The van der Waals surface area contributed by atoms with E-state index in [-0.39, 0.29) is 11.9 Å². The van der Waals surface area contributed by atoms with E-state index in [1.807, 2.05) is 30.5 Å². The van der Waals surface area contributed by atoms with Gasteiger partial charge in [-0.05, 0) is 36.8 Å². The number of primary amides is 1. The van der Waals surface area contributed by atoms with Crippen molar-refractivity contribution in [3.63, 3.8) is 0 Å². The van der Waals surface area contributed by atoms with Crippen LogP contribution in [0, 0.1) is 5.82 Å². The van der Waals surface area contributed by atoms with Crippen LogP contribution in [-0.2, 0) is 4.79 Å². The van der Waals surface area contributed by atoms with E-state index in [9.17, 15) is 9.18 Å². The number of H-pyrrole nitrogens is 1. The van der Waals surface area contributed by atoms with Crippen molar-refractivity contribution >= 4 is 27.8 Å². The minimum atomic E-state index is -0.407. The molecule has 6 heteroatoms. The lowest BCUT2D eigenvalue weighted by atomic mass is 10.0. The number of nitrogens with two attached hydrogens (primary N) is 1. The van der Waals surface area contributed by atoms with Gasteiger partial charge in [0.05, 0.1) is 17.1 Å². The van der Waals surface area contributed by atoms with Gasteiger partial charge in [-0.3, -0.25) is 4.79 Å². The van der Waals surface area contributed by atoms with Crippen molar-refractivity contribution in [3.05, 3.63) is 78.3 Å². The number of hydrogen-bond donors (Lipinski definition) is 2. The van der Waals surface area contributed by atoms with E-state index in [0.717, 1.165) is 22.0 Å². The van der Waals surface area contributed by atoms with E-state index in [1.165, 1.54) is 12.1 Å². The van der Waals surface area contributed by atoms with Gasteiger partial charge in [0.1, 0.15) is 11.6 Å². The van der Waals surface area contributed by atoms with Crippen LogP contribution >= 0.6 is 0 Å². The van der Waals surface area contributed by atoms with Gasteiger partial charge in [-0.25, -0.2) is 9.37 Å². The first kappa shape index (κ1) is 16.5. The number of carbonyl (C=O) groups excluding carboxylic acids is 1. The van der Waals surface area contributed by atoms with Crippen molar-refractivity contribution in [1.29, 1.82) is 0 Å². The number of rotatable bonds is 3. The number of imidazole rings is 1. The molecule has 4 aromatic rings. The fourth-order valence-corrected chi connectivity index (χ4v) is 3.79. The van der Waals surface area contributed by atoms with E-state index in [2.05, 4.69) is 26.7 Å². The smallest absolute Gasteiger partial charge is 0.248 e. The van der Waals surface area contributed by atoms with Crippen molar-refractivity contribution in [1.82, 2.24) is 14.5 Å². The molecule has 0 aliphatic heterocycles. The monoisotopic (exact) mass is 372 g/mol. The van der Waals surface area contributed by atoms with Gasteiger partial charge in [-0.2, -0.15) is 0 Å². The summed E-state index contributed by atoms with van der Waals surface area (Å²) in [5, 5.41) is 1.06. The third-order valence-corrected chi connectivity index (χ3v) is 5.18. The number of hydrogen-bond acceptors (Lipinski definition) is 2. The molecule has 0 saturated carbocycles. The predicted octanol–water partition coefficient (Wildman–Crippen LogP) is 4.24. The second kappa shape index (κ2) is 6.20. The SMILES string of the molecule is NC(=O)C1=CCC(n2ccc3c(-c4nc5ccc(F)cc5[nH]4)cccc32)C=C1. The number of aromatic amines is 1. The molecule has 0 fully saturated rings. The molecule has 2 heterocycles. The number of benzene rings is 2. The van der Waals surface area contributed by atoms with Gasteiger partial charge in [0.25, 0.3) is 0 Å². The molecule has 138 valence electrons. The highest BCUT2D eigenvalue weighted by Gasteiger charge is 2.17. The first-order valence-corrected chi connectivity index (χ1v) is 9.03. The number of aromatic nitrogens is 3. The van der Waals surface area contributed by atoms with Gasteiger partial charge in [0.2, 0.25) is 5.91 Å². The lowest BCUT2D eigenvalue weighted by Crippen LogP contribution is -2.16. The largest absolute Gasteiger partial charge is 0.366 e. The average Bonchev–Trinajstić information content (AvgIpc) is 3.31. The van der Waals surface area contributed by atoms with Crippen LogP contribution < -0.4 is 5.73 Å². The first-order chi connectivity index (χ1) is 13.6. The third kappa shape index (κ3) is 2.62. The summed E-state index contributed by atoms with van der Waals surface area (Å²) >= 11 is 0. The van der Waals surface area contributed by atoms with Gasteiger partial charge in [-0.15, -0.1) is 0 Å². The molecule has 1 aliphatic carbocycles. The van der Waals surface area contributed by atoms with E-state index in [4.69, 9.17) is 5.73 Å². The Morgan fingerprint density at radius 2 is 2.14 bits per heavy atom. The molecule has 0 saturated heterocycles. The summed E-state index contributed by atoms with van der Waals surface area (Å²) in [5.41, 5.74) is 9.32. The highest BCUT2D eigenvalue weighted by atomic mass is 19.1. The number of carbonyl (C=O) groups is 1. The number of amides is 1. The minimum Gasteiger partial charge on any atom is -0.366 e. The Balaban J connectivity index is 1.57. The molecular weight excluding hydrogens is 355 g/mol. The van der Waals surface area contributed by atoms with E-state index in [1.54, 1.807) is 12.1 Å². The Kier molecular flexibility index (Phi) is 3.65. The zero-order valence-electron chi connectivity index (χ0n) is 14.9. The molecule has 3 N–H and O–H groups in total. The van der Waals surface area contributed by atoms with Crippen LogP contribution in [0.25, 0.3) is 33.3 Å². The standard InChI is InChI=1S/C22H17FN4O/c23-14-6-9-18-19(12-14)26-22(25-18)17-2-1-3-20-16(17)10-11-27(20)15-7-4-13(5-8-15)21(24)28/h1-7,9-12,15H,8H2,(H2,24,28)(H,25,26). The molecule has 1 atom stereocenters. The van der Waals surface area contributed by atoms with Gasteiger partial charge in [0.15, 0.2) is 0 Å². The van der Waals surface area contributed by atoms with Crippen molar-refractivity contribution in [3.8, 4) is 11.4 Å². The molecule has 0 radical (unpaired) electrons. The number of fused-ring (bicyclic) bond motifs is 2. The number of nitrogens with one attached hydrogen (secondary N) is 1. The summed E-state index contributed by atoms with van der Waals surface area (Å²) in [4.78, 5) is 19.2. The summed E-state index contributed by atoms with van der Waals surface area (Å²) in [6, 6.07) is 12.7. The zero-order chi connectivity index (χ0) is 19.3. The van der Waals surface area contributed by atoms with Gasteiger partial charge in [0, 0.05) is 28.2 Å². The Bertz CT molecular complexity index is 1290. The molecule has 5 nitrogen and oxygen atoms in total. The van der Waals surface area contributed by atoms with Gasteiger partial charge >= 0.3 is 0 Å². The molecule has 1 aliphatic rings. The summed E-state index contributed by atoms with van der Waals surface area (Å²) in [5.74, 6) is 0.00857. The molecule has 1 unspecified atom stereocenters. The number of nitrogens with zero attached hydrogens (tertiary/aromatic N) is 2. The maximum Gasteiger partial charge on any atom is 0.248 e. The number of allylic oxidation sites excluding steroid dienone is 2. The molecule has 2 aromatic carbocycles. The van der Waals surface area contributed by atoms with Crippen molar-refractivity contribution in [2.45, 2.75) is 12.5 Å². The van der Waals surface area contributed by atoms with Crippen LogP contribution in [0.4, 0.5) is 4.39 Å². The molecule has 28 heavy (non-hydrogen) atoms. The minimum absolute atomic E-state index is 0.112. The van der Waals surface area contributed by atoms with Crippen LogP contribution in [0.3, 0.4) is 0 Å². The van der Waals surface area contributed by atoms with E-state index >= 15 is 0 Å². The van der Waals surface area contributed by atoms with Crippen molar-refractivity contribution in [2.75, 3.05) is 0 Å². The van der Waals surface area contributed by atoms with Crippen LogP contribution in [-0.4, -0.2) is 20.4 Å². The van der Waals surface area contributed by atoms with Crippen LogP contribution in [0.2, 0.25) is 0 Å². The number of halogens is 1. The first-order valence-electron chi connectivity index (χ1n) is 9.03. The van der Waals surface area contributed by atoms with Crippen LogP contribution in [0.1, 0.15) is 12.5 Å². The zero-order valence-corrected chi connectivity index (χ0v) is 14.9. The van der Waals surface area contributed by atoms with E-state index in [0.29, 0.717) is 23.3 Å². The third-order valence-electron chi connectivity index (χ3n) is 5.18. The second-order valence-electron chi connectivity index (χ2n) is 6.89. The molecule has 1 amide bonds. The average molecular weight is 372 g/mol. The molecular formula is C22H17FN4O. The molecule has 2 aromatic heterocycles. The lowest BCUT2D eigenvalue weighted by Gasteiger charge is -2.18. The van der Waals surface area contributed by atoms with E-state index < -0.39 is 5.91 Å². The predicted molar refractivity (Wildman–Crippen MR) is 107 cm³/mol. The fraction of sp³-hybridized carbons (Fsp3) is 0.0909. The molecule has 0 spiro atoms. The second-order valence-corrected chi connectivity index (χ2v) is 6.89. The summed E-state index contributed by atoms with van der Waals surface area (Å²) in [6.45, 7) is 0. The Morgan fingerprint density at radius 1 is 1.25 bits per heavy atom. The van der Waals surface area contributed by atoms with Gasteiger partial charge in [-0.1, -0.05) is 30.4 Å². The molecule has 5 rings (SSSR count). The quantitative estimate of drug-likeness (QED) is 0.564. The topological polar surface area (TPSA) is 76.7 Å². The van der Waals surface area contributed by atoms with Crippen molar-refractivity contribution in [2.24, 2.45) is 5.73 Å². The Labute approximate surface area is 160 Å². The normalized spacial score (nSPS) is 16.6. The summed E-state index contributed by atoms with van der Waals surface area (Å²) < 4.78 is 15.7. The Hall–Kier alpha value is -3.67. The summed E-state index contributed by atoms with van der Waals surface area (Å²) in [6.07, 6.45) is 8.38. The maximum absolute atomic E-state index is 13.5. The lowest BCUT2D eigenvalue weighted by molar-refractivity contribution is -0.114. The van der Waals surface area contributed by atoms with Gasteiger partial charge < -0.3 is 15.3 Å². The van der Waals surface area contributed by atoms with Crippen molar-refractivity contribution < 1.29 is 9.18 Å². The van der Waals surface area contributed by atoms with Crippen LogP contribution in [0.5, 0.6) is 0 Å². The molecule has 0 bridgehead atoms. The Morgan fingerprint density at radius 3 is 2.93 bits per heavy atom. The fourth-order valence-electron chi connectivity index (χ4n) is 3.79. The van der Waals surface area contributed by atoms with Crippen LogP contribution in [0.15, 0.2) is 72.5 Å². The highest BCUT2D eigenvalue weighted by Crippen LogP contribution is 2.32. The maximum atomic E-state index is 13.5.